The number of nitrogens with zero attached hydrogens (tertiary/aromatic N) is 1. The van der Waals surface area contributed by atoms with Crippen molar-refractivity contribution in [1.82, 2.24) is 10.2 Å². The highest BCUT2D eigenvalue weighted by Crippen LogP contribution is 2.30. The maximum absolute atomic E-state index is 13.4. The summed E-state index contributed by atoms with van der Waals surface area (Å²) >= 11 is 0. The quantitative estimate of drug-likeness (QED) is 0.452. The summed E-state index contributed by atoms with van der Waals surface area (Å²) in [6.07, 6.45) is 10.6. The van der Waals surface area contributed by atoms with Gasteiger partial charge in [-0.15, -0.1) is 0 Å². The second kappa shape index (κ2) is 13.2. The molecule has 1 aromatic rings. The number of benzene rings is 1. The van der Waals surface area contributed by atoms with Crippen molar-refractivity contribution in [2.24, 2.45) is 0 Å². The standard InChI is InChI=1S/C28H38N2O6S/c1-20-8-4-5-10-23(20)24-13-11-21(18-30-16-7-6-9-22(30)19-36-2)12-14-25(24)27(31)29-26(28(32)33)15-17-37(3,34)35/h4-5,8,10-12,14,22,26H,6-7,9,13,15-19H2,1-3H3,(H,29,31)(H,32,33). The molecule has 0 saturated carbocycles. The molecule has 0 spiro atoms. The molecule has 1 aromatic carbocycles. The topological polar surface area (TPSA) is 113 Å². The Labute approximate surface area is 220 Å². The van der Waals surface area contributed by atoms with Crippen LogP contribution in [0.25, 0.3) is 5.57 Å². The molecule has 8 nitrogen and oxygen atoms in total. The van der Waals surface area contributed by atoms with Crippen molar-refractivity contribution in [3.8, 4) is 0 Å². The largest absolute Gasteiger partial charge is 0.480 e. The van der Waals surface area contributed by atoms with E-state index < -0.39 is 27.8 Å². The number of carbonyl (C=O) groups is 2. The Kier molecular flexibility index (Phi) is 10.3. The Bertz CT molecular complexity index is 1180. The molecule has 2 N–H and O–H groups in total. The van der Waals surface area contributed by atoms with Gasteiger partial charge < -0.3 is 15.2 Å². The van der Waals surface area contributed by atoms with E-state index in [1.807, 2.05) is 37.3 Å². The number of allylic oxidation sites excluding steroid dienone is 2. The highest BCUT2D eigenvalue weighted by Gasteiger charge is 2.26. The highest BCUT2D eigenvalue weighted by molar-refractivity contribution is 7.90. The van der Waals surface area contributed by atoms with E-state index in [4.69, 9.17) is 4.74 Å². The molecule has 2 unspecified atom stereocenters. The van der Waals surface area contributed by atoms with E-state index in [1.165, 1.54) is 6.42 Å². The van der Waals surface area contributed by atoms with Crippen LogP contribution in [0.1, 0.15) is 43.2 Å². The first-order chi connectivity index (χ1) is 17.6. The van der Waals surface area contributed by atoms with Crippen molar-refractivity contribution in [2.75, 3.05) is 38.8 Å². The molecular weight excluding hydrogens is 492 g/mol. The van der Waals surface area contributed by atoms with Gasteiger partial charge in [-0.05, 0) is 67.5 Å². The second-order valence-electron chi connectivity index (χ2n) is 9.88. The van der Waals surface area contributed by atoms with Gasteiger partial charge in [0.25, 0.3) is 5.91 Å². The van der Waals surface area contributed by atoms with Crippen LogP contribution in [0.2, 0.25) is 0 Å². The summed E-state index contributed by atoms with van der Waals surface area (Å²) in [6.45, 7) is 4.39. The van der Waals surface area contributed by atoms with E-state index >= 15 is 0 Å². The number of piperidine rings is 1. The minimum Gasteiger partial charge on any atom is -0.480 e. The molecule has 1 fully saturated rings. The number of hydrogen-bond donors (Lipinski definition) is 2. The molecule has 1 heterocycles. The third-order valence-corrected chi connectivity index (χ3v) is 7.92. The predicted octanol–water partition coefficient (Wildman–Crippen LogP) is 3.14. The molecule has 1 aliphatic carbocycles. The number of methoxy groups -OCH3 is 1. The summed E-state index contributed by atoms with van der Waals surface area (Å²) in [7, 11) is -1.65. The Morgan fingerprint density at radius 1 is 1.22 bits per heavy atom. The van der Waals surface area contributed by atoms with Gasteiger partial charge in [0.2, 0.25) is 0 Å². The number of sulfone groups is 1. The maximum atomic E-state index is 13.4. The van der Waals surface area contributed by atoms with Crippen molar-refractivity contribution in [3.63, 3.8) is 0 Å². The van der Waals surface area contributed by atoms with Crippen LogP contribution in [-0.4, -0.2) is 81.2 Å². The number of hydrogen-bond acceptors (Lipinski definition) is 6. The SMILES string of the molecule is COCC1CCCCN1CC1=CCC(c2ccccc2C)=C(C(=O)NC(CCS(C)(=O)=O)C(=O)O)C=C1. The van der Waals surface area contributed by atoms with Crippen molar-refractivity contribution in [1.29, 1.82) is 0 Å². The van der Waals surface area contributed by atoms with E-state index in [9.17, 15) is 23.1 Å². The zero-order chi connectivity index (χ0) is 27.0. The highest BCUT2D eigenvalue weighted by atomic mass is 32.2. The summed E-state index contributed by atoms with van der Waals surface area (Å²) in [5.41, 5.74) is 4.22. The Balaban J connectivity index is 1.89. The van der Waals surface area contributed by atoms with Gasteiger partial charge in [-0.25, -0.2) is 13.2 Å². The maximum Gasteiger partial charge on any atom is 0.326 e. The number of likely N-dealkylation sites (tertiary alicyclic amines) is 1. The van der Waals surface area contributed by atoms with Gasteiger partial charge in [0.1, 0.15) is 15.9 Å². The molecule has 0 radical (unpaired) electrons. The minimum absolute atomic E-state index is 0.198. The normalized spacial score (nSPS) is 19.8. The number of carbonyl (C=O) groups excluding carboxylic acids is 1. The summed E-state index contributed by atoms with van der Waals surface area (Å²) in [5, 5.41) is 12.2. The number of ether oxygens (including phenoxy) is 1. The van der Waals surface area contributed by atoms with Crippen LogP contribution < -0.4 is 5.32 Å². The van der Waals surface area contributed by atoms with Gasteiger partial charge in [-0.1, -0.05) is 42.8 Å². The Morgan fingerprint density at radius 3 is 2.65 bits per heavy atom. The van der Waals surface area contributed by atoms with Crippen molar-refractivity contribution >= 4 is 27.3 Å². The number of nitrogens with one attached hydrogen (secondary N) is 1. The fraction of sp³-hybridized carbons (Fsp3) is 0.500. The van der Waals surface area contributed by atoms with Crippen molar-refractivity contribution < 1.29 is 27.9 Å². The molecular formula is C28H38N2O6S. The number of aliphatic carboxylic acids is 1. The van der Waals surface area contributed by atoms with Crippen LogP contribution in [0.4, 0.5) is 0 Å². The van der Waals surface area contributed by atoms with Gasteiger partial charge in [-0.2, -0.15) is 0 Å². The smallest absolute Gasteiger partial charge is 0.326 e. The monoisotopic (exact) mass is 530 g/mol. The third kappa shape index (κ3) is 8.38. The molecule has 2 aliphatic rings. The molecule has 2 atom stereocenters. The number of aryl methyl sites for hydroxylation is 1. The summed E-state index contributed by atoms with van der Waals surface area (Å²) < 4.78 is 28.6. The van der Waals surface area contributed by atoms with Gasteiger partial charge in [0.05, 0.1) is 12.4 Å². The first-order valence-corrected chi connectivity index (χ1v) is 14.8. The second-order valence-corrected chi connectivity index (χ2v) is 12.1. The zero-order valence-electron chi connectivity index (χ0n) is 21.9. The van der Waals surface area contributed by atoms with Crippen LogP contribution in [0.15, 0.2) is 53.6 Å². The van der Waals surface area contributed by atoms with E-state index in [0.29, 0.717) is 24.6 Å². The lowest BCUT2D eigenvalue weighted by atomic mass is 9.93. The molecule has 0 aromatic heterocycles. The van der Waals surface area contributed by atoms with Crippen LogP contribution in [-0.2, 0) is 24.2 Å². The van der Waals surface area contributed by atoms with Crippen molar-refractivity contribution in [2.45, 2.75) is 51.1 Å². The van der Waals surface area contributed by atoms with Crippen LogP contribution in [0.5, 0.6) is 0 Å². The van der Waals surface area contributed by atoms with Crippen molar-refractivity contribution in [3.05, 3.63) is 64.8 Å². The molecule has 9 heteroatoms. The first-order valence-electron chi connectivity index (χ1n) is 12.7. The number of rotatable bonds is 11. The lowest BCUT2D eigenvalue weighted by Gasteiger charge is -2.35. The number of amides is 1. The van der Waals surface area contributed by atoms with Crippen LogP contribution in [0.3, 0.4) is 0 Å². The number of carboxylic acid groups (broad SMARTS) is 1. The predicted molar refractivity (Wildman–Crippen MR) is 145 cm³/mol. The van der Waals surface area contributed by atoms with Gasteiger partial charge >= 0.3 is 5.97 Å². The lowest BCUT2D eigenvalue weighted by Crippen LogP contribution is -2.43. The van der Waals surface area contributed by atoms with E-state index in [-0.39, 0.29) is 12.2 Å². The van der Waals surface area contributed by atoms with E-state index in [2.05, 4.69) is 16.3 Å². The van der Waals surface area contributed by atoms with Gasteiger partial charge in [-0.3, -0.25) is 9.69 Å². The summed E-state index contributed by atoms with van der Waals surface area (Å²) in [4.78, 5) is 27.7. The molecule has 0 bridgehead atoms. The molecule has 1 amide bonds. The third-order valence-electron chi connectivity index (χ3n) is 6.95. The number of carboxylic acids is 1. The Morgan fingerprint density at radius 2 is 1.97 bits per heavy atom. The van der Waals surface area contributed by atoms with Gasteiger partial charge in [0, 0.05) is 31.5 Å². The fourth-order valence-electron chi connectivity index (χ4n) is 4.91. The Hall–Kier alpha value is -2.75. The average molecular weight is 531 g/mol. The van der Waals surface area contributed by atoms with Crippen LogP contribution >= 0.6 is 0 Å². The fourth-order valence-corrected chi connectivity index (χ4v) is 5.57. The zero-order valence-corrected chi connectivity index (χ0v) is 22.7. The van der Waals surface area contributed by atoms with E-state index in [1.54, 1.807) is 13.2 Å². The van der Waals surface area contributed by atoms with Gasteiger partial charge in [0.15, 0.2) is 0 Å². The molecule has 1 saturated heterocycles. The molecule has 202 valence electrons. The van der Waals surface area contributed by atoms with Crippen LogP contribution in [0, 0.1) is 6.92 Å². The van der Waals surface area contributed by atoms with E-state index in [0.717, 1.165) is 54.5 Å². The lowest BCUT2D eigenvalue weighted by molar-refractivity contribution is -0.141. The molecule has 37 heavy (non-hydrogen) atoms. The first kappa shape index (κ1) is 28.8. The minimum atomic E-state index is -3.37. The summed E-state index contributed by atoms with van der Waals surface area (Å²) in [5.74, 6) is -2.12. The molecule has 3 rings (SSSR count). The summed E-state index contributed by atoms with van der Waals surface area (Å²) in [6, 6.07) is 6.84. The average Bonchev–Trinajstić information content (AvgIpc) is 3.05. The molecule has 1 aliphatic heterocycles.